The summed E-state index contributed by atoms with van der Waals surface area (Å²) >= 11 is 0. The smallest absolute Gasteiger partial charge is 0.122 e. The van der Waals surface area contributed by atoms with E-state index in [-0.39, 0.29) is 6.04 Å². The lowest BCUT2D eigenvalue weighted by atomic mass is 9.86. The Morgan fingerprint density at radius 2 is 2.00 bits per heavy atom. The fourth-order valence-corrected chi connectivity index (χ4v) is 2.98. The molecule has 1 aliphatic heterocycles. The molecule has 3 nitrogen and oxygen atoms in total. The molecular weight excluding hydrogens is 224 g/mol. The lowest BCUT2D eigenvalue weighted by Crippen LogP contribution is -2.40. The highest BCUT2D eigenvalue weighted by atomic mass is 16.3. The van der Waals surface area contributed by atoms with Crippen LogP contribution in [-0.2, 0) is 0 Å². The maximum Gasteiger partial charge on any atom is 0.122 e. The highest BCUT2D eigenvalue weighted by Crippen LogP contribution is 2.30. The van der Waals surface area contributed by atoms with Crippen LogP contribution in [-0.4, -0.2) is 24.5 Å². The van der Waals surface area contributed by atoms with Crippen LogP contribution < -0.4 is 5.73 Å². The van der Waals surface area contributed by atoms with E-state index in [2.05, 4.69) is 24.8 Å². The molecule has 0 bridgehead atoms. The minimum atomic E-state index is 0.256. The first kappa shape index (κ1) is 13.6. The molecule has 0 aliphatic carbocycles. The van der Waals surface area contributed by atoms with Crippen molar-refractivity contribution in [1.29, 1.82) is 0 Å². The summed E-state index contributed by atoms with van der Waals surface area (Å²) in [5.74, 6) is 3.67. The summed E-state index contributed by atoms with van der Waals surface area (Å²) in [6.45, 7) is 9.57. The molecule has 2 N–H and O–H groups in total. The minimum Gasteiger partial charge on any atom is -0.465 e. The largest absolute Gasteiger partial charge is 0.465 e. The molecule has 1 aliphatic rings. The molecule has 0 spiro atoms. The zero-order valence-electron chi connectivity index (χ0n) is 11.9. The second kappa shape index (κ2) is 5.89. The predicted molar refractivity (Wildman–Crippen MR) is 74.4 cm³/mol. The fraction of sp³-hybridized carbons (Fsp3) is 0.733. The average molecular weight is 250 g/mol. The summed E-state index contributed by atoms with van der Waals surface area (Å²) in [4.78, 5) is 2.48. The van der Waals surface area contributed by atoms with Gasteiger partial charge in [-0.3, -0.25) is 4.90 Å². The lowest BCUT2D eigenvalue weighted by Gasteiger charge is -2.37. The van der Waals surface area contributed by atoms with Crippen LogP contribution in [0.5, 0.6) is 0 Å². The van der Waals surface area contributed by atoms with Crippen LogP contribution in [0.3, 0.4) is 0 Å². The van der Waals surface area contributed by atoms with Crippen LogP contribution in [0.4, 0.5) is 0 Å². The molecule has 0 saturated carbocycles. The number of nitrogens with zero attached hydrogens (tertiary/aromatic N) is 1. The average Bonchev–Trinajstić information content (AvgIpc) is 2.77. The van der Waals surface area contributed by atoms with Gasteiger partial charge in [0.1, 0.15) is 11.5 Å². The third kappa shape index (κ3) is 2.96. The number of hydrogen-bond donors (Lipinski definition) is 1. The van der Waals surface area contributed by atoms with Crippen molar-refractivity contribution in [2.45, 2.75) is 39.7 Å². The molecule has 1 unspecified atom stereocenters. The number of nitrogens with two attached hydrogens (primary N) is 1. The second-order valence-electron chi connectivity index (χ2n) is 5.82. The van der Waals surface area contributed by atoms with Crippen molar-refractivity contribution in [1.82, 2.24) is 4.90 Å². The normalized spacial score (nSPS) is 20.5. The molecule has 1 atom stereocenters. The maximum atomic E-state index is 5.94. The summed E-state index contributed by atoms with van der Waals surface area (Å²) in [6, 6.07) is 4.35. The van der Waals surface area contributed by atoms with Crippen molar-refractivity contribution >= 4 is 0 Å². The molecule has 102 valence electrons. The van der Waals surface area contributed by atoms with Gasteiger partial charge in [-0.05, 0) is 56.8 Å². The zero-order valence-corrected chi connectivity index (χ0v) is 11.9. The highest BCUT2D eigenvalue weighted by molar-refractivity contribution is 5.10. The molecule has 2 heterocycles. The van der Waals surface area contributed by atoms with Crippen LogP contribution in [0.15, 0.2) is 16.5 Å². The second-order valence-corrected chi connectivity index (χ2v) is 5.82. The molecule has 1 saturated heterocycles. The van der Waals surface area contributed by atoms with Crippen molar-refractivity contribution in [3.8, 4) is 0 Å². The first-order valence-electron chi connectivity index (χ1n) is 7.12. The van der Waals surface area contributed by atoms with Crippen molar-refractivity contribution in [2.75, 3.05) is 19.6 Å². The Morgan fingerprint density at radius 1 is 1.33 bits per heavy atom. The van der Waals surface area contributed by atoms with E-state index in [1.165, 1.54) is 12.8 Å². The van der Waals surface area contributed by atoms with Gasteiger partial charge in [0.15, 0.2) is 0 Å². The van der Waals surface area contributed by atoms with Crippen LogP contribution in [0.1, 0.15) is 44.3 Å². The number of likely N-dealkylation sites (tertiary alicyclic amines) is 1. The Labute approximate surface area is 110 Å². The molecule has 1 aromatic rings. The Balaban J connectivity index is 1.98. The number of hydrogen-bond acceptors (Lipinski definition) is 3. The van der Waals surface area contributed by atoms with Crippen molar-refractivity contribution < 1.29 is 4.42 Å². The summed E-state index contributed by atoms with van der Waals surface area (Å²) in [7, 11) is 0. The molecular formula is C15H26N2O. The topological polar surface area (TPSA) is 42.4 Å². The predicted octanol–water partition coefficient (Wildman–Crippen LogP) is 2.96. The van der Waals surface area contributed by atoms with Crippen LogP contribution in [0, 0.1) is 18.8 Å². The molecule has 1 fully saturated rings. The number of rotatable bonds is 4. The molecule has 2 rings (SSSR count). The van der Waals surface area contributed by atoms with Gasteiger partial charge in [-0.15, -0.1) is 0 Å². The number of aryl methyl sites for hydroxylation is 1. The van der Waals surface area contributed by atoms with E-state index in [4.69, 9.17) is 10.2 Å². The van der Waals surface area contributed by atoms with Gasteiger partial charge >= 0.3 is 0 Å². The molecule has 1 aromatic heterocycles. The van der Waals surface area contributed by atoms with E-state index in [0.29, 0.717) is 6.54 Å². The van der Waals surface area contributed by atoms with Crippen LogP contribution >= 0.6 is 0 Å². The summed E-state index contributed by atoms with van der Waals surface area (Å²) in [5.41, 5.74) is 5.94. The van der Waals surface area contributed by atoms with Gasteiger partial charge in [-0.1, -0.05) is 13.8 Å². The van der Waals surface area contributed by atoms with Gasteiger partial charge in [0.25, 0.3) is 0 Å². The summed E-state index contributed by atoms with van der Waals surface area (Å²) in [6.07, 6.45) is 2.57. The first-order chi connectivity index (χ1) is 8.61. The van der Waals surface area contributed by atoms with E-state index in [0.717, 1.165) is 36.4 Å². The van der Waals surface area contributed by atoms with Gasteiger partial charge in [0, 0.05) is 6.54 Å². The van der Waals surface area contributed by atoms with E-state index in [1.807, 2.05) is 13.0 Å². The van der Waals surface area contributed by atoms with Crippen molar-refractivity contribution in [3.05, 3.63) is 23.7 Å². The highest BCUT2D eigenvalue weighted by Gasteiger charge is 2.28. The fourth-order valence-electron chi connectivity index (χ4n) is 2.98. The third-order valence-corrected chi connectivity index (χ3v) is 4.27. The maximum absolute atomic E-state index is 5.94. The summed E-state index contributed by atoms with van der Waals surface area (Å²) < 4.78 is 5.74. The van der Waals surface area contributed by atoms with E-state index in [1.54, 1.807) is 0 Å². The van der Waals surface area contributed by atoms with E-state index < -0.39 is 0 Å². The standard InChI is InChI=1S/C15H26N2O/c1-11(2)13-6-8-17(9-7-13)14(10-16)15-5-4-12(3)18-15/h4-5,11,13-14H,6-10,16H2,1-3H3. The van der Waals surface area contributed by atoms with Gasteiger partial charge in [0.05, 0.1) is 6.04 Å². The van der Waals surface area contributed by atoms with Gasteiger partial charge in [-0.2, -0.15) is 0 Å². The Bertz CT molecular complexity index is 364. The first-order valence-corrected chi connectivity index (χ1v) is 7.12. The quantitative estimate of drug-likeness (QED) is 0.893. The van der Waals surface area contributed by atoms with Crippen molar-refractivity contribution in [2.24, 2.45) is 17.6 Å². The third-order valence-electron chi connectivity index (χ3n) is 4.27. The van der Waals surface area contributed by atoms with Crippen LogP contribution in [0.25, 0.3) is 0 Å². The zero-order chi connectivity index (χ0) is 13.1. The molecule has 3 heteroatoms. The van der Waals surface area contributed by atoms with E-state index in [9.17, 15) is 0 Å². The molecule has 0 aromatic carbocycles. The van der Waals surface area contributed by atoms with Gasteiger partial charge < -0.3 is 10.2 Å². The van der Waals surface area contributed by atoms with Crippen molar-refractivity contribution in [3.63, 3.8) is 0 Å². The minimum absolute atomic E-state index is 0.256. The summed E-state index contributed by atoms with van der Waals surface area (Å²) in [5, 5.41) is 0. The van der Waals surface area contributed by atoms with E-state index >= 15 is 0 Å². The van der Waals surface area contributed by atoms with Crippen LogP contribution in [0.2, 0.25) is 0 Å². The monoisotopic (exact) mass is 250 g/mol. The number of furan rings is 1. The Kier molecular flexibility index (Phi) is 4.46. The lowest BCUT2D eigenvalue weighted by molar-refractivity contribution is 0.106. The SMILES string of the molecule is Cc1ccc(C(CN)N2CCC(C(C)C)CC2)o1. The number of piperidine rings is 1. The molecule has 0 radical (unpaired) electrons. The molecule has 0 amide bonds. The van der Waals surface area contributed by atoms with Gasteiger partial charge in [0.2, 0.25) is 0 Å². The van der Waals surface area contributed by atoms with Gasteiger partial charge in [-0.25, -0.2) is 0 Å². The molecule has 18 heavy (non-hydrogen) atoms. The Morgan fingerprint density at radius 3 is 2.44 bits per heavy atom. The Hall–Kier alpha value is -0.800.